The maximum atomic E-state index is 11.6. The molecule has 0 aromatic rings. The molecule has 0 aromatic carbocycles. The van der Waals surface area contributed by atoms with Crippen LogP contribution in [0.3, 0.4) is 0 Å². The molecule has 66 valence electrons. The first kappa shape index (κ1) is 10.6. The third-order valence-corrected chi connectivity index (χ3v) is 1.66. The molecule has 0 N–H and O–H groups in total. The average molecular weight is 160 g/mol. The predicted octanol–water partition coefficient (Wildman–Crippen LogP) is 2.89. The van der Waals surface area contributed by atoms with Gasteiger partial charge in [0.1, 0.15) is 5.78 Å². The lowest BCUT2D eigenvalue weighted by atomic mass is 10.1. The van der Waals surface area contributed by atoms with Crippen LogP contribution in [0.15, 0.2) is 0 Å². The topological polar surface area (TPSA) is 17.1 Å². The van der Waals surface area contributed by atoms with Crippen molar-refractivity contribution in [2.45, 2.75) is 45.4 Å². The van der Waals surface area contributed by atoms with Crippen LogP contribution >= 0.6 is 0 Å². The highest BCUT2D eigenvalue weighted by Crippen LogP contribution is 2.05. The number of rotatable bonds is 7. The second kappa shape index (κ2) is 7.70. The van der Waals surface area contributed by atoms with Crippen molar-refractivity contribution < 1.29 is 9.18 Å². The molecule has 0 aliphatic heterocycles. The minimum atomic E-state index is -0.202. The Balaban J connectivity index is 2.85. The summed E-state index contributed by atoms with van der Waals surface area (Å²) in [6.45, 7) is 1.41. The number of Topliss-reactive ketones (excluding diaryl/α,β-unsaturated/α-hetero) is 1. The van der Waals surface area contributed by atoms with E-state index in [-0.39, 0.29) is 12.5 Å². The van der Waals surface area contributed by atoms with Gasteiger partial charge in [-0.2, -0.15) is 0 Å². The Morgan fingerprint density at radius 3 is 2.18 bits per heavy atom. The number of hydrogen-bond acceptors (Lipinski definition) is 1. The number of ketones is 1. The summed E-state index contributed by atoms with van der Waals surface area (Å²) < 4.78 is 11.6. The number of hydrogen-bond donors (Lipinski definition) is 0. The Bertz CT molecular complexity index is 102. The second-order valence-corrected chi connectivity index (χ2v) is 2.91. The van der Waals surface area contributed by atoms with Gasteiger partial charge < -0.3 is 4.79 Å². The molecule has 0 rings (SSSR count). The zero-order valence-corrected chi connectivity index (χ0v) is 7.24. The van der Waals surface area contributed by atoms with E-state index in [1.165, 1.54) is 0 Å². The van der Waals surface area contributed by atoms with E-state index >= 15 is 0 Å². The molecular weight excluding hydrogens is 143 g/mol. The van der Waals surface area contributed by atoms with E-state index in [1.54, 1.807) is 6.92 Å². The van der Waals surface area contributed by atoms with Crippen LogP contribution < -0.4 is 0 Å². The molecular formula is C9H17FO. The molecule has 2 heteroatoms. The number of carbonyl (C=O) groups excluding carboxylic acids is 1. The lowest BCUT2D eigenvalue weighted by Gasteiger charge is -1.96. The number of unbranched alkanes of at least 4 members (excludes halogenated alkanes) is 4. The summed E-state index contributed by atoms with van der Waals surface area (Å²) in [6, 6.07) is 0. The van der Waals surface area contributed by atoms with Crippen molar-refractivity contribution >= 4 is 5.78 Å². The van der Waals surface area contributed by atoms with Gasteiger partial charge in [0.25, 0.3) is 0 Å². The van der Waals surface area contributed by atoms with Gasteiger partial charge in [0.2, 0.25) is 0 Å². The molecule has 0 fully saturated rings. The van der Waals surface area contributed by atoms with E-state index in [2.05, 4.69) is 0 Å². The van der Waals surface area contributed by atoms with Crippen LogP contribution in [0.5, 0.6) is 0 Å². The van der Waals surface area contributed by atoms with Crippen LogP contribution in [-0.2, 0) is 4.79 Å². The van der Waals surface area contributed by atoms with Crippen molar-refractivity contribution in [1.82, 2.24) is 0 Å². The van der Waals surface area contributed by atoms with E-state index in [4.69, 9.17) is 0 Å². The van der Waals surface area contributed by atoms with Crippen LogP contribution in [0.2, 0.25) is 0 Å². The molecule has 0 unspecified atom stereocenters. The van der Waals surface area contributed by atoms with E-state index in [0.29, 0.717) is 12.8 Å². The number of halogens is 1. The largest absolute Gasteiger partial charge is 0.300 e. The Hall–Kier alpha value is -0.400. The highest BCUT2D eigenvalue weighted by molar-refractivity contribution is 5.75. The summed E-state index contributed by atoms with van der Waals surface area (Å²) in [5, 5.41) is 0. The van der Waals surface area contributed by atoms with Gasteiger partial charge in [0.15, 0.2) is 0 Å². The fourth-order valence-corrected chi connectivity index (χ4v) is 0.999. The summed E-state index contributed by atoms with van der Waals surface area (Å²) in [4.78, 5) is 10.5. The molecule has 0 heterocycles. The second-order valence-electron chi connectivity index (χ2n) is 2.91. The Morgan fingerprint density at radius 2 is 1.64 bits per heavy atom. The average Bonchev–Trinajstić information content (AvgIpc) is 1.96. The summed E-state index contributed by atoms with van der Waals surface area (Å²) in [7, 11) is 0. The van der Waals surface area contributed by atoms with E-state index < -0.39 is 0 Å². The Labute approximate surface area is 68.0 Å². The van der Waals surface area contributed by atoms with Gasteiger partial charge in [0, 0.05) is 6.42 Å². The first-order valence-electron chi connectivity index (χ1n) is 4.32. The highest BCUT2D eigenvalue weighted by Gasteiger charge is 1.93. The summed E-state index contributed by atoms with van der Waals surface area (Å²) in [5.74, 6) is 0.260. The molecule has 0 atom stereocenters. The van der Waals surface area contributed by atoms with Crippen molar-refractivity contribution in [3.05, 3.63) is 0 Å². The first-order chi connectivity index (χ1) is 5.27. The minimum Gasteiger partial charge on any atom is -0.300 e. The maximum Gasteiger partial charge on any atom is 0.129 e. The van der Waals surface area contributed by atoms with Crippen molar-refractivity contribution in [2.24, 2.45) is 0 Å². The zero-order chi connectivity index (χ0) is 8.53. The lowest BCUT2D eigenvalue weighted by Crippen LogP contribution is -1.89. The van der Waals surface area contributed by atoms with Crippen molar-refractivity contribution in [3.8, 4) is 0 Å². The third-order valence-electron chi connectivity index (χ3n) is 1.66. The van der Waals surface area contributed by atoms with Crippen LogP contribution in [-0.4, -0.2) is 12.5 Å². The smallest absolute Gasteiger partial charge is 0.129 e. The van der Waals surface area contributed by atoms with Gasteiger partial charge in [0.05, 0.1) is 6.67 Å². The van der Waals surface area contributed by atoms with Gasteiger partial charge >= 0.3 is 0 Å². The van der Waals surface area contributed by atoms with Gasteiger partial charge in [-0.25, -0.2) is 0 Å². The van der Waals surface area contributed by atoms with Gasteiger partial charge in [-0.3, -0.25) is 4.39 Å². The third kappa shape index (κ3) is 9.60. The molecule has 0 bridgehead atoms. The number of carbonyl (C=O) groups is 1. The van der Waals surface area contributed by atoms with E-state index in [1.807, 2.05) is 0 Å². The Morgan fingerprint density at radius 1 is 1.09 bits per heavy atom. The summed E-state index contributed by atoms with van der Waals surface area (Å²) >= 11 is 0. The predicted molar refractivity (Wildman–Crippen MR) is 44.4 cm³/mol. The van der Waals surface area contributed by atoms with Crippen LogP contribution in [0.1, 0.15) is 45.4 Å². The van der Waals surface area contributed by atoms with Crippen LogP contribution in [0.25, 0.3) is 0 Å². The SMILES string of the molecule is CC(=O)CCCCCCCF. The van der Waals surface area contributed by atoms with Gasteiger partial charge in [-0.05, 0) is 19.8 Å². The quantitative estimate of drug-likeness (QED) is 0.523. The molecule has 1 nitrogen and oxygen atoms in total. The zero-order valence-electron chi connectivity index (χ0n) is 7.24. The normalized spacial score (nSPS) is 10.0. The molecule has 0 saturated heterocycles. The highest BCUT2D eigenvalue weighted by atomic mass is 19.1. The fourth-order valence-electron chi connectivity index (χ4n) is 0.999. The van der Waals surface area contributed by atoms with Crippen molar-refractivity contribution in [3.63, 3.8) is 0 Å². The monoisotopic (exact) mass is 160 g/mol. The fraction of sp³-hybridized carbons (Fsp3) is 0.889. The van der Waals surface area contributed by atoms with Crippen LogP contribution in [0, 0.1) is 0 Å². The van der Waals surface area contributed by atoms with E-state index in [0.717, 1.165) is 25.7 Å². The number of alkyl halides is 1. The molecule has 0 radical (unpaired) electrons. The molecule has 0 spiro atoms. The minimum absolute atomic E-state index is 0.202. The van der Waals surface area contributed by atoms with Crippen LogP contribution in [0.4, 0.5) is 4.39 Å². The maximum absolute atomic E-state index is 11.6. The van der Waals surface area contributed by atoms with Crippen molar-refractivity contribution in [2.75, 3.05) is 6.67 Å². The lowest BCUT2D eigenvalue weighted by molar-refractivity contribution is -0.117. The summed E-state index contributed by atoms with van der Waals surface area (Å²) in [5.41, 5.74) is 0. The molecule has 0 aliphatic carbocycles. The van der Waals surface area contributed by atoms with E-state index in [9.17, 15) is 9.18 Å². The molecule has 11 heavy (non-hydrogen) atoms. The molecule has 0 aromatic heterocycles. The standard InChI is InChI=1S/C9H17FO/c1-9(11)7-5-3-2-4-6-8-10/h2-8H2,1H3. The summed E-state index contributed by atoms with van der Waals surface area (Å²) in [6.07, 6.45) is 5.45. The van der Waals surface area contributed by atoms with Gasteiger partial charge in [-0.1, -0.05) is 19.3 Å². The van der Waals surface area contributed by atoms with Gasteiger partial charge in [-0.15, -0.1) is 0 Å². The first-order valence-corrected chi connectivity index (χ1v) is 4.32. The Kier molecular flexibility index (Phi) is 7.42. The van der Waals surface area contributed by atoms with Crippen molar-refractivity contribution in [1.29, 1.82) is 0 Å². The molecule has 0 saturated carbocycles. The molecule has 0 aliphatic rings. The molecule has 0 amide bonds.